The van der Waals surface area contributed by atoms with Gasteiger partial charge < -0.3 is 15.7 Å². The number of thiophene rings is 1. The average molecular weight is 435 g/mol. The topological polar surface area (TPSA) is 78.4 Å². The summed E-state index contributed by atoms with van der Waals surface area (Å²) in [4.78, 5) is 21.8. The van der Waals surface area contributed by atoms with Gasteiger partial charge in [-0.2, -0.15) is 13.2 Å². The van der Waals surface area contributed by atoms with E-state index in [2.05, 4.69) is 22.8 Å². The van der Waals surface area contributed by atoms with Gasteiger partial charge in [0.25, 0.3) is 0 Å². The van der Waals surface area contributed by atoms with Crippen molar-refractivity contribution in [2.75, 3.05) is 0 Å². The molecule has 5 nitrogen and oxygen atoms in total. The van der Waals surface area contributed by atoms with E-state index in [1.54, 1.807) is 11.3 Å². The van der Waals surface area contributed by atoms with Crippen LogP contribution in [0.1, 0.15) is 29.3 Å². The van der Waals surface area contributed by atoms with Gasteiger partial charge in [-0.3, -0.25) is 4.79 Å². The Morgan fingerprint density at radius 1 is 1.25 bits per heavy atom. The molecule has 2 aromatic rings. The number of halogens is 4. The number of benzene rings is 1. The highest BCUT2D eigenvalue weighted by atomic mass is 35.5. The summed E-state index contributed by atoms with van der Waals surface area (Å²) in [5, 5.41) is 13.8. The number of aliphatic carboxylic acids is 1. The molecule has 152 valence electrons. The minimum atomic E-state index is -5.08. The first-order valence-electron chi connectivity index (χ1n) is 8.29. The Labute approximate surface area is 168 Å². The molecular weight excluding hydrogens is 417 g/mol. The normalized spacial score (nSPS) is 19.4. The molecule has 1 aromatic heterocycles. The van der Waals surface area contributed by atoms with Crippen molar-refractivity contribution in [3.05, 3.63) is 57.2 Å². The monoisotopic (exact) mass is 434 g/mol. The van der Waals surface area contributed by atoms with Gasteiger partial charge in [-0.1, -0.05) is 41.9 Å². The Bertz CT molecular complexity index is 799. The quantitative estimate of drug-likeness (QED) is 0.675. The van der Waals surface area contributed by atoms with Crippen LogP contribution < -0.4 is 10.6 Å². The second-order valence-electron chi connectivity index (χ2n) is 5.99. The number of piperidine rings is 1. The van der Waals surface area contributed by atoms with Gasteiger partial charge in [0.1, 0.15) is 0 Å². The molecule has 1 saturated heterocycles. The Morgan fingerprint density at radius 3 is 2.43 bits per heavy atom. The number of nitrogens with one attached hydrogen (secondary N) is 2. The van der Waals surface area contributed by atoms with Crippen LogP contribution in [0.4, 0.5) is 13.2 Å². The van der Waals surface area contributed by atoms with Crippen molar-refractivity contribution in [2.45, 2.75) is 37.6 Å². The Balaban J connectivity index is 0.000000345. The van der Waals surface area contributed by atoms with Crippen LogP contribution in [0.15, 0.2) is 42.5 Å². The maximum absolute atomic E-state index is 11.7. The van der Waals surface area contributed by atoms with Crippen LogP contribution in [-0.4, -0.2) is 29.2 Å². The van der Waals surface area contributed by atoms with Crippen molar-refractivity contribution < 1.29 is 27.9 Å². The van der Waals surface area contributed by atoms with Crippen molar-refractivity contribution in [1.29, 1.82) is 0 Å². The van der Waals surface area contributed by atoms with Crippen LogP contribution >= 0.6 is 22.9 Å². The van der Waals surface area contributed by atoms with Gasteiger partial charge in [0, 0.05) is 23.9 Å². The summed E-state index contributed by atoms with van der Waals surface area (Å²) in [6, 6.07) is 14.4. The third-order valence-corrected chi connectivity index (χ3v) is 5.20. The fourth-order valence-corrected chi connectivity index (χ4v) is 3.71. The molecule has 0 radical (unpaired) electrons. The molecule has 0 spiro atoms. The first-order chi connectivity index (χ1) is 13.2. The molecule has 1 amide bonds. The number of amides is 1. The van der Waals surface area contributed by atoms with Crippen molar-refractivity contribution in [3.63, 3.8) is 0 Å². The molecule has 1 fully saturated rings. The predicted molar refractivity (Wildman–Crippen MR) is 100 cm³/mol. The van der Waals surface area contributed by atoms with Crippen molar-refractivity contribution in [3.8, 4) is 0 Å². The van der Waals surface area contributed by atoms with E-state index in [1.165, 1.54) is 4.88 Å². The van der Waals surface area contributed by atoms with Crippen LogP contribution in [0.25, 0.3) is 0 Å². The molecule has 3 rings (SSSR count). The smallest absolute Gasteiger partial charge is 0.475 e. The maximum Gasteiger partial charge on any atom is 0.490 e. The minimum absolute atomic E-state index is 0.0304. The SMILES string of the molecule is O=C(O)C(F)(F)F.O=C1CC[C@@H](NCc2ccc(Cl)s2)[C@H](c2ccccc2)N1. The number of rotatable bonds is 4. The first kappa shape index (κ1) is 22.2. The molecule has 2 atom stereocenters. The first-order valence-corrected chi connectivity index (χ1v) is 9.48. The number of carboxylic acid groups (broad SMARTS) is 1. The predicted octanol–water partition coefficient (Wildman–Crippen LogP) is 4.14. The third-order valence-electron chi connectivity index (χ3n) is 3.97. The number of hydrogen-bond donors (Lipinski definition) is 3. The summed E-state index contributed by atoms with van der Waals surface area (Å²) < 4.78 is 32.5. The molecule has 0 bridgehead atoms. The summed E-state index contributed by atoms with van der Waals surface area (Å²) >= 11 is 7.55. The van der Waals surface area contributed by atoms with Crippen LogP contribution in [0.2, 0.25) is 4.34 Å². The molecule has 1 aliphatic rings. The number of carbonyl (C=O) groups excluding carboxylic acids is 1. The zero-order chi connectivity index (χ0) is 20.7. The molecule has 0 unspecified atom stereocenters. The second-order valence-corrected chi connectivity index (χ2v) is 7.79. The van der Waals surface area contributed by atoms with Gasteiger partial charge in [-0.05, 0) is 24.1 Å². The van der Waals surface area contributed by atoms with Gasteiger partial charge in [0.15, 0.2) is 0 Å². The minimum Gasteiger partial charge on any atom is -0.475 e. The summed E-state index contributed by atoms with van der Waals surface area (Å²) in [5.41, 5.74) is 1.15. The van der Waals surface area contributed by atoms with Crippen molar-refractivity contribution >= 4 is 34.8 Å². The molecular formula is C18H18ClF3N2O3S. The second kappa shape index (κ2) is 9.90. The van der Waals surface area contributed by atoms with Crippen LogP contribution in [0.5, 0.6) is 0 Å². The zero-order valence-electron chi connectivity index (χ0n) is 14.5. The van der Waals surface area contributed by atoms with Gasteiger partial charge >= 0.3 is 12.1 Å². The number of carboxylic acids is 1. The molecule has 0 saturated carbocycles. The van der Waals surface area contributed by atoms with E-state index in [1.807, 2.05) is 30.3 Å². The number of alkyl halides is 3. The Kier molecular flexibility index (Phi) is 7.85. The molecule has 28 heavy (non-hydrogen) atoms. The number of hydrogen-bond acceptors (Lipinski definition) is 4. The molecule has 10 heteroatoms. The van der Waals surface area contributed by atoms with Gasteiger partial charge in [-0.15, -0.1) is 11.3 Å². The lowest BCUT2D eigenvalue weighted by Crippen LogP contribution is -2.48. The summed E-state index contributed by atoms with van der Waals surface area (Å²) in [5.74, 6) is -2.63. The van der Waals surface area contributed by atoms with E-state index in [4.69, 9.17) is 21.5 Å². The van der Waals surface area contributed by atoms with E-state index >= 15 is 0 Å². The van der Waals surface area contributed by atoms with E-state index in [9.17, 15) is 18.0 Å². The summed E-state index contributed by atoms with van der Waals surface area (Å²) in [7, 11) is 0. The van der Waals surface area contributed by atoms with Crippen molar-refractivity contribution in [1.82, 2.24) is 10.6 Å². The fourth-order valence-electron chi connectivity index (χ4n) is 2.67. The highest BCUT2D eigenvalue weighted by Crippen LogP contribution is 2.26. The highest BCUT2D eigenvalue weighted by Gasteiger charge is 2.38. The van der Waals surface area contributed by atoms with E-state index < -0.39 is 12.1 Å². The van der Waals surface area contributed by atoms with E-state index in [0.717, 1.165) is 22.9 Å². The summed E-state index contributed by atoms with van der Waals surface area (Å²) in [6.07, 6.45) is -3.66. The Hall–Kier alpha value is -2.10. The molecule has 0 aliphatic carbocycles. The van der Waals surface area contributed by atoms with Gasteiger partial charge in [0.2, 0.25) is 5.91 Å². The molecule has 2 heterocycles. The van der Waals surface area contributed by atoms with E-state index in [0.29, 0.717) is 6.42 Å². The van der Waals surface area contributed by atoms with Crippen LogP contribution in [-0.2, 0) is 16.1 Å². The van der Waals surface area contributed by atoms with Crippen LogP contribution in [0, 0.1) is 0 Å². The lowest BCUT2D eigenvalue weighted by atomic mass is 9.92. The summed E-state index contributed by atoms with van der Waals surface area (Å²) in [6.45, 7) is 0.779. The molecule has 3 N–H and O–H groups in total. The Morgan fingerprint density at radius 2 is 1.89 bits per heavy atom. The standard InChI is InChI=1S/C16H17ClN2OS.C2HF3O2/c17-14-8-6-12(21-14)10-18-13-7-9-15(20)19-16(13)11-4-2-1-3-5-11;3-2(4,5)1(6)7/h1-6,8,13,16,18H,7,9-10H2,(H,19,20);(H,6,7)/t13-,16+;/m1./s1. The maximum atomic E-state index is 11.7. The molecule has 1 aliphatic heterocycles. The molecule has 1 aromatic carbocycles. The van der Waals surface area contributed by atoms with Gasteiger partial charge in [-0.25, -0.2) is 4.79 Å². The highest BCUT2D eigenvalue weighted by molar-refractivity contribution is 7.16. The third kappa shape index (κ3) is 6.81. The van der Waals surface area contributed by atoms with Gasteiger partial charge in [0.05, 0.1) is 10.4 Å². The van der Waals surface area contributed by atoms with Crippen LogP contribution in [0.3, 0.4) is 0 Å². The van der Waals surface area contributed by atoms with Crippen molar-refractivity contribution in [2.24, 2.45) is 0 Å². The largest absolute Gasteiger partial charge is 0.490 e. The fraction of sp³-hybridized carbons (Fsp3) is 0.333. The zero-order valence-corrected chi connectivity index (χ0v) is 16.1. The number of carbonyl (C=O) groups is 2. The lowest BCUT2D eigenvalue weighted by Gasteiger charge is -2.33. The lowest BCUT2D eigenvalue weighted by molar-refractivity contribution is -0.192. The van der Waals surface area contributed by atoms with E-state index in [-0.39, 0.29) is 18.0 Å². The average Bonchev–Trinajstić information content (AvgIpc) is 3.06.